The Balaban J connectivity index is 2.99. The lowest BCUT2D eigenvalue weighted by molar-refractivity contribution is 0.195. The highest BCUT2D eigenvalue weighted by Gasteiger charge is 2.08. The van der Waals surface area contributed by atoms with Gasteiger partial charge in [0.05, 0.1) is 16.1 Å². The Labute approximate surface area is 86.1 Å². The van der Waals surface area contributed by atoms with Crippen molar-refractivity contribution in [3.63, 3.8) is 0 Å². The van der Waals surface area contributed by atoms with E-state index in [1.165, 1.54) is 12.1 Å². The van der Waals surface area contributed by atoms with Crippen LogP contribution in [0.1, 0.15) is 12.5 Å². The standard InChI is InChI=1S/C9H9Cl2FO/c1-5(13)2-6-3-7(10)9(12)8(11)4-6/h3-5,13H,2H2,1H3. The third-order valence-corrected chi connectivity index (χ3v) is 2.12. The van der Waals surface area contributed by atoms with Gasteiger partial charge in [-0.05, 0) is 31.0 Å². The molecule has 0 saturated heterocycles. The Kier molecular flexibility index (Phi) is 3.54. The largest absolute Gasteiger partial charge is 0.393 e. The summed E-state index contributed by atoms with van der Waals surface area (Å²) in [4.78, 5) is 0. The molecule has 1 rings (SSSR count). The normalized spacial score (nSPS) is 13.0. The molecule has 0 aliphatic rings. The van der Waals surface area contributed by atoms with E-state index >= 15 is 0 Å². The second-order valence-corrected chi connectivity index (χ2v) is 3.74. The summed E-state index contributed by atoms with van der Waals surface area (Å²) in [6.07, 6.45) is -0.0719. The summed E-state index contributed by atoms with van der Waals surface area (Å²) >= 11 is 11.1. The van der Waals surface area contributed by atoms with E-state index in [2.05, 4.69) is 0 Å². The first kappa shape index (κ1) is 10.8. The average molecular weight is 223 g/mol. The van der Waals surface area contributed by atoms with Crippen molar-refractivity contribution in [2.24, 2.45) is 0 Å². The van der Waals surface area contributed by atoms with Gasteiger partial charge in [0.25, 0.3) is 0 Å². The first-order valence-electron chi connectivity index (χ1n) is 3.82. The van der Waals surface area contributed by atoms with Crippen molar-refractivity contribution in [3.8, 4) is 0 Å². The summed E-state index contributed by atoms with van der Waals surface area (Å²) in [5.74, 6) is -0.613. The Morgan fingerprint density at radius 2 is 1.85 bits per heavy atom. The van der Waals surface area contributed by atoms with Crippen molar-refractivity contribution >= 4 is 23.2 Å². The summed E-state index contributed by atoms with van der Waals surface area (Å²) in [6, 6.07) is 2.94. The van der Waals surface area contributed by atoms with Gasteiger partial charge in [-0.3, -0.25) is 0 Å². The predicted octanol–water partition coefficient (Wildman–Crippen LogP) is 3.06. The molecule has 1 unspecified atom stereocenters. The molecule has 1 aromatic rings. The van der Waals surface area contributed by atoms with Crippen molar-refractivity contribution in [1.29, 1.82) is 0 Å². The van der Waals surface area contributed by atoms with Crippen LogP contribution in [0.25, 0.3) is 0 Å². The molecule has 0 radical (unpaired) electrons. The van der Waals surface area contributed by atoms with E-state index in [-0.39, 0.29) is 10.0 Å². The minimum atomic E-state index is -0.613. The van der Waals surface area contributed by atoms with Crippen molar-refractivity contribution in [2.75, 3.05) is 0 Å². The zero-order valence-electron chi connectivity index (χ0n) is 7.02. The highest BCUT2D eigenvalue weighted by molar-refractivity contribution is 6.34. The Morgan fingerprint density at radius 3 is 2.23 bits per heavy atom. The molecule has 4 heteroatoms. The van der Waals surface area contributed by atoms with Gasteiger partial charge in [0.2, 0.25) is 0 Å². The molecule has 72 valence electrons. The maximum atomic E-state index is 12.9. The molecule has 1 atom stereocenters. The van der Waals surface area contributed by atoms with Crippen molar-refractivity contribution in [1.82, 2.24) is 0 Å². The third kappa shape index (κ3) is 2.83. The molecule has 1 N–H and O–H groups in total. The van der Waals surface area contributed by atoms with E-state index in [9.17, 15) is 4.39 Å². The number of aliphatic hydroxyl groups excluding tert-OH is 1. The zero-order valence-corrected chi connectivity index (χ0v) is 8.53. The van der Waals surface area contributed by atoms with Crippen LogP contribution in [0, 0.1) is 5.82 Å². The second-order valence-electron chi connectivity index (χ2n) is 2.93. The number of hydrogen-bond donors (Lipinski definition) is 1. The molecule has 0 bridgehead atoms. The summed E-state index contributed by atoms with van der Waals surface area (Å²) in [5.41, 5.74) is 0.728. The minimum absolute atomic E-state index is 0.0110. The van der Waals surface area contributed by atoms with Gasteiger partial charge in [-0.25, -0.2) is 4.39 Å². The molecular weight excluding hydrogens is 214 g/mol. The van der Waals surface area contributed by atoms with Gasteiger partial charge < -0.3 is 5.11 Å². The Morgan fingerprint density at radius 1 is 1.38 bits per heavy atom. The van der Waals surface area contributed by atoms with Gasteiger partial charge in [-0.1, -0.05) is 23.2 Å². The van der Waals surface area contributed by atoms with Crippen LogP contribution in [0.5, 0.6) is 0 Å². The maximum absolute atomic E-state index is 12.9. The van der Waals surface area contributed by atoms with Crippen LogP contribution in [0.2, 0.25) is 10.0 Å². The number of hydrogen-bond acceptors (Lipinski definition) is 1. The van der Waals surface area contributed by atoms with Crippen LogP contribution in [0.3, 0.4) is 0 Å². The molecule has 0 spiro atoms. The second kappa shape index (κ2) is 4.27. The Bertz CT molecular complexity index is 289. The lowest BCUT2D eigenvalue weighted by atomic mass is 10.1. The highest BCUT2D eigenvalue weighted by atomic mass is 35.5. The minimum Gasteiger partial charge on any atom is -0.393 e. The summed E-state index contributed by atoms with van der Waals surface area (Å²) < 4.78 is 12.9. The van der Waals surface area contributed by atoms with Gasteiger partial charge in [0.1, 0.15) is 0 Å². The number of aliphatic hydroxyl groups is 1. The van der Waals surface area contributed by atoms with Gasteiger partial charge in [0.15, 0.2) is 5.82 Å². The Hall–Kier alpha value is -0.310. The van der Waals surface area contributed by atoms with Crippen molar-refractivity contribution < 1.29 is 9.50 Å². The van der Waals surface area contributed by atoms with E-state index < -0.39 is 11.9 Å². The molecule has 0 fully saturated rings. The van der Waals surface area contributed by atoms with Crippen molar-refractivity contribution in [3.05, 3.63) is 33.6 Å². The quantitative estimate of drug-likeness (QED) is 0.764. The topological polar surface area (TPSA) is 20.2 Å². The fourth-order valence-corrected chi connectivity index (χ4v) is 1.60. The first-order chi connectivity index (χ1) is 6.00. The van der Waals surface area contributed by atoms with Crippen LogP contribution < -0.4 is 0 Å². The van der Waals surface area contributed by atoms with Gasteiger partial charge in [0, 0.05) is 0 Å². The van der Waals surface area contributed by atoms with Gasteiger partial charge in [-0.15, -0.1) is 0 Å². The smallest absolute Gasteiger partial charge is 0.160 e. The zero-order chi connectivity index (χ0) is 10.0. The van der Waals surface area contributed by atoms with Crippen LogP contribution >= 0.6 is 23.2 Å². The summed E-state index contributed by atoms with van der Waals surface area (Å²) in [6.45, 7) is 1.64. The van der Waals surface area contributed by atoms with Crippen molar-refractivity contribution in [2.45, 2.75) is 19.4 Å². The molecular formula is C9H9Cl2FO. The summed E-state index contributed by atoms with van der Waals surface area (Å²) in [7, 11) is 0. The molecule has 1 nitrogen and oxygen atoms in total. The monoisotopic (exact) mass is 222 g/mol. The van der Waals surface area contributed by atoms with Gasteiger partial charge in [-0.2, -0.15) is 0 Å². The average Bonchev–Trinajstić information content (AvgIpc) is 1.98. The van der Waals surface area contributed by atoms with Crippen LogP contribution in [0.4, 0.5) is 4.39 Å². The number of benzene rings is 1. The molecule has 0 amide bonds. The first-order valence-corrected chi connectivity index (χ1v) is 4.57. The van der Waals surface area contributed by atoms with Crippen LogP contribution in [0.15, 0.2) is 12.1 Å². The highest BCUT2D eigenvalue weighted by Crippen LogP contribution is 2.25. The number of halogens is 3. The summed E-state index contributed by atoms with van der Waals surface area (Å²) in [5, 5.41) is 9.06. The fraction of sp³-hybridized carbons (Fsp3) is 0.333. The SMILES string of the molecule is CC(O)Cc1cc(Cl)c(F)c(Cl)c1. The van der Waals surface area contributed by atoms with Crippen LogP contribution in [-0.2, 0) is 6.42 Å². The fourth-order valence-electron chi connectivity index (χ4n) is 1.07. The molecule has 0 heterocycles. The van der Waals surface area contributed by atoms with Crippen LogP contribution in [-0.4, -0.2) is 11.2 Å². The molecule has 0 aromatic heterocycles. The molecule has 1 aromatic carbocycles. The molecule has 13 heavy (non-hydrogen) atoms. The van der Waals surface area contributed by atoms with E-state index in [1.54, 1.807) is 6.92 Å². The van der Waals surface area contributed by atoms with E-state index in [1.807, 2.05) is 0 Å². The lowest BCUT2D eigenvalue weighted by Gasteiger charge is -2.06. The molecule has 0 aliphatic carbocycles. The maximum Gasteiger partial charge on any atom is 0.160 e. The molecule has 0 aliphatic heterocycles. The lowest BCUT2D eigenvalue weighted by Crippen LogP contribution is -2.04. The molecule has 0 saturated carbocycles. The third-order valence-electron chi connectivity index (χ3n) is 1.57. The van der Waals surface area contributed by atoms with E-state index in [0.29, 0.717) is 6.42 Å². The van der Waals surface area contributed by atoms with Gasteiger partial charge >= 0.3 is 0 Å². The predicted molar refractivity (Wildman–Crippen MR) is 51.8 cm³/mol. The van der Waals surface area contributed by atoms with E-state index in [0.717, 1.165) is 5.56 Å². The van der Waals surface area contributed by atoms with E-state index in [4.69, 9.17) is 28.3 Å². The number of rotatable bonds is 2.